The van der Waals surface area contributed by atoms with E-state index in [9.17, 15) is 4.79 Å². The number of amides is 1. The minimum atomic E-state index is -0.309. The van der Waals surface area contributed by atoms with Crippen LogP contribution in [0.3, 0.4) is 0 Å². The molecule has 0 aromatic heterocycles. The van der Waals surface area contributed by atoms with E-state index in [0.717, 1.165) is 12.3 Å². The molecule has 2 aliphatic carbocycles. The summed E-state index contributed by atoms with van der Waals surface area (Å²) in [5.41, 5.74) is 9.19. The van der Waals surface area contributed by atoms with Crippen molar-refractivity contribution in [2.24, 2.45) is 17.6 Å². The zero-order valence-corrected chi connectivity index (χ0v) is 14.6. The lowest BCUT2D eigenvalue weighted by molar-refractivity contribution is -0.946. The first-order valence-electron chi connectivity index (χ1n) is 9.11. The summed E-state index contributed by atoms with van der Waals surface area (Å²) in [6, 6.07) is 6.88. The van der Waals surface area contributed by atoms with Gasteiger partial charge in [-0.1, -0.05) is 19.9 Å². The molecule has 3 nitrogen and oxygen atoms in total. The highest BCUT2D eigenvalue weighted by Gasteiger charge is 2.55. The molecule has 1 saturated heterocycles. The van der Waals surface area contributed by atoms with E-state index in [1.807, 2.05) is 6.07 Å². The first-order chi connectivity index (χ1) is 10.8. The molecule has 2 N–H and O–H groups in total. The number of piperidine rings is 1. The third-order valence-electron chi connectivity index (χ3n) is 7.34. The predicted octanol–water partition coefficient (Wildman–Crippen LogP) is 2.86. The van der Waals surface area contributed by atoms with Crippen LogP contribution in [0.1, 0.15) is 54.6 Å². The molecule has 1 aliphatic heterocycles. The summed E-state index contributed by atoms with van der Waals surface area (Å²) in [7, 11) is 2.49. The van der Waals surface area contributed by atoms with Gasteiger partial charge in [-0.05, 0) is 36.1 Å². The normalized spacial score (nSPS) is 38.9. The Bertz CT molecular complexity index is 666. The highest BCUT2D eigenvalue weighted by molar-refractivity contribution is 5.93. The van der Waals surface area contributed by atoms with Crippen molar-refractivity contribution in [3.05, 3.63) is 34.9 Å². The van der Waals surface area contributed by atoms with Crippen molar-refractivity contribution < 1.29 is 9.28 Å². The van der Waals surface area contributed by atoms with Crippen LogP contribution in [-0.4, -0.2) is 36.6 Å². The average molecular weight is 313 g/mol. The van der Waals surface area contributed by atoms with Crippen LogP contribution in [-0.2, 0) is 11.8 Å². The lowest BCUT2D eigenvalue weighted by Gasteiger charge is -2.58. The van der Waals surface area contributed by atoms with Crippen LogP contribution in [0.25, 0.3) is 0 Å². The Morgan fingerprint density at radius 3 is 2.78 bits per heavy atom. The second kappa shape index (κ2) is 4.83. The van der Waals surface area contributed by atoms with Gasteiger partial charge in [0.05, 0.1) is 26.2 Å². The smallest absolute Gasteiger partial charge is 0.248 e. The molecule has 0 spiro atoms. The maximum Gasteiger partial charge on any atom is 0.248 e. The molecule has 124 valence electrons. The van der Waals surface area contributed by atoms with Gasteiger partial charge in [-0.15, -0.1) is 0 Å². The Morgan fingerprint density at radius 2 is 2.13 bits per heavy atom. The van der Waals surface area contributed by atoms with Gasteiger partial charge in [-0.25, -0.2) is 0 Å². The van der Waals surface area contributed by atoms with Crippen molar-refractivity contribution in [1.82, 2.24) is 0 Å². The molecule has 1 amide bonds. The Morgan fingerprint density at radius 1 is 1.39 bits per heavy atom. The van der Waals surface area contributed by atoms with Gasteiger partial charge < -0.3 is 10.2 Å². The summed E-state index contributed by atoms with van der Waals surface area (Å²) in [5.74, 6) is 1.31. The number of nitrogens with zero attached hydrogens (tertiary/aromatic N) is 1. The molecule has 0 radical (unpaired) electrons. The SMILES string of the molecule is C[C@H]1C2Cc3ccc(C(N)=O)cc3[C@@]1(C)CC[N+]2(C)CC1CC1. The summed E-state index contributed by atoms with van der Waals surface area (Å²) in [4.78, 5) is 11.6. The van der Waals surface area contributed by atoms with Crippen LogP contribution in [0.4, 0.5) is 0 Å². The number of rotatable bonds is 3. The second-order valence-electron chi connectivity index (χ2n) is 8.79. The standard InChI is InChI=1S/C20H28N2O/c1-13-18-11-15-6-7-16(19(21)23)10-17(15)20(13,2)8-9-22(18,3)12-14-4-5-14/h6-7,10,13-14,18H,4-5,8-9,11-12H2,1-3H3,(H-,21,23)/p+1/t13-,18?,20-,22?/m0/s1. The molecule has 2 unspecified atom stereocenters. The monoisotopic (exact) mass is 313 g/mol. The van der Waals surface area contributed by atoms with Gasteiger partial charge in [0.1, 0.15) is 0 Å². The fourth-order valence-electron chi connectivity index (χ4n) is 5.40. The van der Waals surface area contributed by atoms with Crippen LogP contribution in [0, 0.1) is 11.8 Å². The van der Waals surface area contributed by atoms with Gasteiger partial charge in [0.25, 0.3) is 0 Å². The minimum Gasteiger partial charge on any atom is -0.366 e. The molecule has 1 heterocycles. The number of hydrogen-bond donors (Lipinski definition) is 1. The Kier molecular flexibility index (Phi) is 3.19. The van der Waals surface area contributed by atoms with Crippen molar-refractivity contribution >= 4 is 5.91 Å². The summed E-state index contributed by atoms with van der Waals surface area (Å²) in [6.07, 6.45) is 5.23. The molecule has 4 atom stereocenters. The van der Waals surface area contributed by atoms with Crippen LogP contribution >= 0.6 is 0 Å². The summed E-state index contributed by atoms with van der Waals surface area (Å²) in [5, 5.41) is 0. The molecule has 1 aromatic rings. The van der Waals surface area contributed by atoms with Crippen LogP contribution in [0.5, 0.6) is 0 Å². The maximum atomic E-state index is 11.6. The van der Waals surface area contributed by atoms with Crippen molar-refractivity contribution in [3.8, 4) is 0 Å². The van der Waals surface area contributed by atoms with Gasteiger partial charge in [0.15, 0.2) is 0 Å². The molecule has 1 aromatic carbocycles. The summed E-state index contributed by atoms with van der Waals surface area (Å²) in [6.45, 7) is 7.48. The molecule has 2 bridgehead atoms. The van der Waals surface area contributed by atoms with Crippen molar-refractivity contribution in [3.63, 3.8) is 0 Å². The topological polar surface area (TPSA) is 43.1 Å². The van der Waals surface area contributed by atoms with E-state index in [0.29, 0.717) is 17.5 Å². The van der Waals surface area contributed by atoms with E-state index >= 15 is 0 Å². The van der Waals surface area contributed by atoms with Crippen molar-refractivity contribution in [1.29, 1.82) is 0 Å². The van der Waals surface area contributed by atoms with E-state index in [2.05, 4.69) is 33.0 Å². The number of primary amides is 1. The number of likely N-dealkylation sites (tertiary alicyclic amines) is 1. The third-order valence-corrected chi connectivity index (χ3v) is 7.34. The van der Waals surface area contributed by atoms with E-state index in [1.165, 1.54) is 48.0 Å². The van der Waals surface area contributed by atoms with Crippen LogP contribution < -0.4 is 5.73 Å². The molecule has 2 fully saturated rings. The highest BCUT2D eigenvalue weighted by Crippen LogP contribution is 2.51. The Labute approximate surface area is 139 Å². The van der Waals surface area contributed by atoms with Gasteiger partial charge in [0, 0.05) is 35.7 Å². The maximum absolute atomic E-state index is 11.6. The largest absolute Gasteiger partial charge is 0.366 e. The summed E-state index contributed by atoms with van der Waals surface area (Å²) >= 11 is 0. The van der Waals surface area contributed by atoms with E-state index in [1.54, 1.807) is 0 Å². The highest BCUT2D eigenvalue weighted by atomic mass is 16.1. The number of carbonyl (C=O) groups excluding carboxylic acids is 1. The minimum absolute atomic E-state index is 0.186. The molecule has 23 heavy (non-hydrogen) atoms. The molecule has 1 saturated carbocycles. The number of benzene rings is 1. The lowest BCUT2D eigenvalue weighted by atomic mass is 9.58. The van der Waals surface area contributed by atoms with E-state index in [4.69, 9.17) is 5.73 Å². The van der Waals surface area contributed by atoms with Crippen molar-refractivity contribution in [2.75, 3.05) is 20.1 Å². The second-order valence-corrected chi connectivity index (χ2v) is 8.79. The Balaban J connectivity index is 1.76. The lowest BCUT2D eigenvalue weighted by Crippen LogP contribution is -2.67. The Hall–Kier alpha value is -1.35. The number of hydrogen-bond acceptors (Lipinski definition) is 1. The number of nitrogens with two attached hydrogens (primary N) is 1. The van der Waals surface area contributed by atoms with Crippen LogP contribution in [0.15, 0.2) is 18.2 Å². The van der Waals surface area contributed by atoms with Gasteiger partial charge in [-0.3, -0.25) is 4.79 Å². The third kappa shape index (κ3) is 2.24. The van der Waals surface area contributed by atoms with Gasteiger partial charge in [-0.2, -0.15) is 0 Å². The van der Waals surface area contributed by atoms with E-state index < -0.39 is 0 Å². The van der Waals surface area contributed by atoms with Gasteiger partial charge in [0.2, 0.25) is 5.91 Å². The summed E-state index contributed by atoms with van der Waals surface area (Å²) < 4.78 is 1.25. The number of fused-ring (bicyclic) bond motifs is 4. The molecule has 3 heteroatoms. The van der Waals surface area contributed by atoms with E-state index in [-0.39, 0.29) is 11.3 Å². The zero-order chi connectivity index (χ0) is 16.4. The zero-order valence-electron chi connectivity index (χ0n) is 14.6. The number of quaternary nitrogens is 1. The molecular formula is C20H29N2O+. The number of carbonyl (C=O) groups is 1. The molecular weight excluding hydrogens is 284 g/mol. The van der Waals surface area contributed by atoms with Crippen LogP contribution in [0.2, 0.25) is 0 Å². The first kappa shape index (κ1) is 15.2. The number of likely N-dealkylation sites (N-methyl/N-ethyl adjacent to an activating group) is 1. The predicted molar refractivity (Wildman–Crippen MR) is 92.2 cm³/mol. The van der Waals surface area contributed by atoms with Crippen molar-refractivity contribution in [2.45, 2.75) is 51.0 Å². The average Bonchev–Trinajstić information content (AvgIpc) is 3.31. The molecule has 4 rings (SSSR count). The first-order valence-corrected chi connectivity index (χ1v) is 9.11. The fraction of sp³-hybridized carbons (Fsp3) is 0.650. The van der Waals surface area contributed by atoms with Gasteiger partial charge >= 0.3 is 0 Å². The molecule has 3 aliphatic rings. The fourth-order valence-corrected chi connectivity index (χ4v) is 5.40. The quantitative estimate of drug-likeness (QED) is 0.857.